The number of aromatic nitrogens is 2. The molecular weight excluding hydrogens is 424 g/mol. The summed E-state index contributed by atoms with van der Waals surface area (Å²) in [5.41, 5.74) is 2.27. The first-order valence-corrected chi connectivity index (χ1v) is 12.3. The highest BCUT2D eigenvalue weighted by atomic mass is 32.2. The van der Waals surface area contributed by atoms with Crippen molar-refractivity contribution in [2.45, 2.75) is 38.1 Å². The minimum absolute atomic E-state index is 0.216. The number of benzene rings is 2. The average molecular weight is 453 g/mol. The number of piperidine rings is 1. The van der Waals surface area contributed by atoms with Gasteiger partial charge in [-0.25, -0.2) is 13.1 Å². The summed E-state index contributed by atoms with van der Waals surface area (Å²) in [7, 11) is -3.54. The Morgan fingerprint density at radius 2 is 1.72 bits per heavy atom. The summed E-state index contributed by atoms with van der Waals surface area (Å²) in [5, 5.41) is 7.37. The van der Waals surface area contributed by atoms with Crippen molar-refractivity contribution in [2.24, 2.45) is 5.92 Å². The maximum atomic E-state index is 12.9. The van der Waals surface area contributed by atoms with Crippen LogP contribution in [0, 0.1) is 12.8 Å². The lowest BCUT2D eigenvalue weighted by Crippen LogP contribution is -2.37. The van der Waals surface area contributed by atoms with Gasteiger partial charge in [0.1, 0.15) is 5.82 Å². The fourth-order valence-corrected chi connectivity index (χ4v) is 5.33. The van der Waals surface area contributed by atoms with E-state index in [4.69, 9.17) is 0 Å². The molecule has 0 unspecified atom stereocenters. The predicted octanol–water partition coefficient (Wildman–Crippen LogP) is 3.91. The van der Waals surface area contributed by atoms with Crippen molar-refractivity contribution >= 4 is 21.7 Å². The van der Waals surface area contributed by atoms with Crippen molar-refractivity contribution < 1.29 is 13.2 Å². The topological polar surface area (TPSA) is 84.3 Å². The number of sulfonamides is 1. The van der Waals surface area contributed by atoms with Crippen LogP contribution in [-0.2, 0) is 16.6 Å². The average Bonchev–Trinajstić information content (AvgIpc) is 3.13. The monoisotopic (exact) mass is 452 g/mol. The van der Waals surface area contributed by atoms with Crippen molar-refractivity contribution in [1.29, 1.82) is 0 Å². The normalized spacial score (nSPS) is 15.6. The number of anilines is 1. The third kappa shape index (κ3) is 4.92. The van der Waals surface area contributed by atoms with Crippen molar-refractivity contribution in [3.8, 4) is 0 Å². The smallest absolute Gasteiger partial charge is 0.256 e. The number of carbonyl (C=O) groups excluding carboxylic acids is 1. The van der Waals surface area contributed by atoms with E-state index in [0.717, 1.165) is 24.1 Å². The summed E-state index contributed by atoms with van der Waals surface area (Å²) in [6.07, 6.45) is 1.74. The molecule has 1 amide bonds. The number of nitrogens with one attached hydrogen (secondary N) is 1. The third-order valence-corrected chi connectivity index (χ3v) is 7.73. The molecule has 0 radical (unpaired) electrons. The van der Waals surface area contributed by atoms with E-state index in [1.807, 2.05) is 43.3 Å². The van der Waals surface area contributed by atoms with Crippen LogP contribution in [0.5, 0.6) is 0 Å². The molecule has 1 fully saturated rings. The summed E-state index contributed by atoms with van der Waals surface area (Å²) in [4.78, 5) is 13.0. The van der Waals surface area contributed by atoms with Crippen LogP contribution in [0.4, 0.5) is 5.82 Å². The second-order valence-corrected chi connectivity index (χ2v) is 10.3. The molecule has 2 heterocycles. The molecule has 1 aromatic heterocycles. The summed E-state index contributed by atoms with van der Waals surface area (Å²) in [6, 6.07) is 17.8. The molecule has 0 aliphatic carbocycles. The standard InChI is InChI=1S/C24H28N4O3S/c1-18-12-14-27(15-13-18)32(30,31)22-10-8-21(9-11-22)24(29)25-23-16-19(2)26-28(23)17-20-6-4-3-5-7-20/h3-11,16,18H,12-15,17H2,1-2H3,(H,25,29). The molecule has 2 aromatic carbocycles. The van der Waals surface area contributed by atoms with Gasteiger partial charge in [-0.05, 0) is 55.5 Å². The molecule has 4 rings (SSSR count). The fraction of sp³-hybridized carbons (Fsp3) is 0.333. The van der Waals surface area contributed by atoms with Gasteiger partial charge in [-0.3, -0.25) is 4.79 Å². The van der Waals surface area contributed by atoms with Crippen molar-refractivity contribution in [3.63, 3.8) is 0 Å². The zero-order valence-corrected chi connectivity index (χ0v) is 19.2. The second kappa shape index (κ2) is 9.26. The van der Waals surface area contributed by atoms with Gasteiger partial charge in [0.05, 0.1) is 17.1 Å². The highest BCUT2D eigenvalue weighted by Crippen LogP contribution is 2.24. The lowest BCUT2D eigenvalue weighted by atomic mass is 10.0. The molecule has 8 heteroatoms. The molecule has 1 N–H and O–H groups in total. The number of nitrogens with zero attached hydrogens (tertiary/aromatic N) is 3. The molecule has 0 saturated carbocycles. The van der Waals surface area contributed by atoms with E-state index >= 15 is 0 Å². The second-order valence-electron chi connectivity index (χ2n) is 8.38. The Kier molecular flexibility index (Phi) is 6.43. The highest BCUT2D eigenvalue weighted by Gasteiger charge is 2.28. The van der Waals surface area contributed by atoms with Crippen LogP contribution in [0.1, 0.15) is 41.4 Å². The quantitative estimate of drug-likeness (QED) is 0.615. The molecular formula is C24H28N4O3S. The molecule has 0 atom stereocenters. The molecule has 0 spiro atoms. The van der Waals surface area contributed by atoms with Crippen LogP contribution in [-0.4, -0.2) is 41.5 Å². The lowest BCUT2D eigenvalue weighted by molar-refractivity contribution is 0.102. The Bertz CT molecular complexity index is 1180. The Morgan fingerprint density at radius 3 is 2.38 bits per heavy atom. The minimum Gasteiger partial charge on any atom is -0.307 e. The fourth-order valence-electron chi connectivity index (χ4n) is 3.86. The van der Waals surface area contributed by atoms with Crippen molar-refractivity contribution in [3.05, 3.63) is 77.5 Å². The van der Waals surface area contributed by atoms with Crippen LogP contribution < -0.4 is 5.32 Å². The minimum atomic E-state index is -3.54. The molecule has 32 heavy (non-hydrogen) atoms. The van der Waals surface area contributed by atoms with Gasteiger partial charge in [0, 0.05) is 24.7 Å². The van der Waals surface area contributed by atoms with Gasteiger partial charge < -0.3 is 5.32 Å². The van der Waals surface area contributed by atoms with E-state index < -0.39 is 10.0 Å². The van der Waals surface area contributed by atoms with Gasteiger partial charge in [0.25, 0.3) is 5.91 Å². The van der Waals surface area contributed by atoms with Crippen LogP contribution in [0.3, 0.4) is 0 Å². The van der Waals surface area contributed by atoms with E-state index in [9.17, 15) is 13.2 Å². The third-order valence-electron chi connectivity index (χ3n) is 5.82. The van der Waals surface area contributed by atoms with Gasteiger partial charge in [0.2, 0.25) is 10.0 Å². The Balaban J connectivity index is 1.47. The number of hydrogen-bond acceptors (Lipinski definition) is 4. The molecule has 7 nitrogen and oxygen atoms in total. The Hall–Kier alpha value is -2.97. The first-order valence-electron chi connectivity index (χ1n) is 10.8. The summed E-state index contributed by atoms with van der Waals surface area (Å²) in [5.74, 6) is 0.830. The molecule has 1 saturated heterocycles. The summed E-state index contributed by atoms with van der Waals surface area (Å²) < 4.78 is 29.1. The number of rotatable bonds is 6. The summed E-state index contributed by atoms with van der Waals surface area (Å²) in [6.45, 7) is 5.63. The highest BCUT2D eigenvalue weighted by molar-refractivity contribution is 7.89. The molecule has 0 bridgehead atoms. The lowest BCUT2D eigenvalue weighted by Gasteiger charge is -2.29. The zero-order chi connectivity index (χ0) is 22.7. The van der Waals surface area contributed by atoms with Gasteiger partial charge in [-0.2, -0.15) is 9.40 Å². The zero-order valence-electron chi connectivity index (χ0n) is 18.4. The first kappa shape index (κ1) is 22.2. The Labute approximate surface area is 189 Å². The summed E-state index contributed by atoms with van der Waals surface area (Å²) >= 11 is 0. The van der Waals surface area contributed by atoms with Crippen molar-refractivity contribution in [2.75, 3.05) is 18.4 Å². The van der Waals surface area contributed by atoms with Crippen LogP contribution in [0.2, 0.25) is 0 Å². The van der Waals surface area contributed by atoms with Crippen molar-refractivity contribution in [1.82, 2.24) is 14.1 Å². The van der Waals surface area contributed by atoms with Crippen LogP contribution >= 0.6 is 0 Å². The van der Waals surface area contributed by atoms with Gasteiger partial charge in [-0.1, -0.05) is 37.3 Å². The van der Waals surface area contributed by atoms with Crippen LogP contribution in [0.25, 0.3) is 0 Å². The van der Waals surface area contributed by atoms with E-state index in [0.29, 0.717) is 36.9 Å². The van der Waals surface area contributed by atoms with Crippen LogP contribution in [0.15, 0.2) is 65.6 Å². The van der Waals surface area contributed by atoms with Gasteiger partial charge in [-0.15, -0.1) is 0 Å². The van der Waals surface area contributed by atoms with Gasteiger partial charge in [0.15, 0.2) is 0 Å². The maximum Gasteiger partial charge on any atom is 0.256 e. The molecule has 1 aliphatic rings. The predicted molar refractivity (Wildman–Crippen MR) is 124 cm³/mol. The van der Waals surface area contributed by atoms with E-state index in [1.54, 1.807) is 16.8 Å². The molecule has 3 aromatic rings. The van der Waals surface area contributed by atoms with E-state index in [-0.39, 0.29) is 10.8 Å². The largest absolute Gasteiger partial charge is 0.307 e. The molecule has 1 aliphatic heterocycles. The van der Waals surface area contributed by atoms with E-state index in [2.05, 4.69) is 17.3 Å². The molecule has 168 valence electrons. The number of amides is 1. The maximum absolute atomic E-state index is 12.9. The number of hydrogen-bond donors (Lipinski definition) is 1. The first-order chi connectivity index (χ1) is 15.3. The number of carbonyl (C=O) groups is 1. The Morgan fingerprint density at radius 1 is 1.06 bits per heavy atom. The SMILES string of the molecule is Cc1cc(NC(=O)c2ccc(S(=O)(=O)N3CCC(C)CC3)cc2)n(Cc2ccccc2)n1. The van der Waals surface area contributed by atoms with E-state index in [1.165, 1.54) is 16.4 Å². The number of aryl methyl sites for hydroxylation is 1. The van der Waals surface area contributed by atoms with Gasteiger partial charge >= 0.3 is 0 Å².